The van der Waals surface area contributed by atoms with Gasteiger partial charge in [0.25, 0.3) is 0 Å². The molecular weight excluding hydrogens is 346 g/mol. The SMILES string of the molecule is CC(=N)N1C(=N)COCc2c1ccc(Cl)c2C1CCCc2ccccc21. The molecule has 4 rings (SSSR count). The molecule has 0 saturated heterocycles. The normalized spacial score (nSPS) is 19.5. The highest BCUT2D eigenvalue weighted by Gasteiger charge is 2.30. The Morgan fingerprint density at radius 2 is 2.00 bits per heavy atom. The van der Waals surface area contributed by atoms with E-state index in [9.17, 15) is 0 Å². The Kier molecular flexibility index (Phi) is 4.55. The predicted octanol–water partition coefficient (Wildman–Crippen LogP) is 5.12. The lowest BCUT2D eigenvalue weighted by molar-refractivity contribution is 0.159. The summed E-state index contributed by atoms with van der Waals surface area (Å²) in [6, 6.07) is 12.4. The summed E-state index contributed by atoms with van der Waals surface area (Å²) in [5.41, 5.74) is 5.68. The van der Waals surface area contributed by atoms with Crippen molar-refractivity contribution < 1.29 is 4.74 Å². The molecule has 0 fully saturated rings. The summed E-state index contributed by atoms with van der Waals surface area (Å²) in [7, 11) is 0. The van der Waals surface area contributed by atoms with Crippen LogP contribution in [0.2, 0.25) is 5.02 Å². The van der Waals surface area contributed by atoms with Gasteiger partial charge in [-0.3, -0.25) is 15.7 Å². The minimum atomic E-state index is 0.198. The third-order valence-corrected chi connectivity index (χ3v) is 5.66. The van der Waals surface area contributed by atoms with E-state index in [4.69, 9.17) is 27.2 Å². The molecule has 134 valence electrons. The van der Waals surface area contributed by atoms with E-state index in [0.29, 0.717) is 12.4 Å². The molecule has 1 unspecified atom stereocenters. The first-order valence-electron chi connectivity index (χ1n) is 8.97. The van der Waals surface area contributed by atoms with E-state index < -0.39 is 0 Å². The van der Waals surface area contributed by atoms with Crippen LogP contribution in [0.5, 0.6) is 0 Å². The van der Waals surface area contributed by atoms with Crippen LogP contribution in [-0.2, 0) is 17.8 Å². The van der Waals surface area contributed by atoms with Gasteiger partial charge in [0.15, 0.2) is 0 Å². The average Bonchev–Trinajstić information content (AvgIpc) is 2.79. The zero-order chi connectivity index (χ0) is 18.3. The quantitative estimate of drug-likeness (QED) is 0.543. The first-order chi connectivity index (χ1) is 12.6. The highest BCUT2D eigenvalue weighted by atomic mass is 35.5. The maximum atomic E-state index is 8.26. The number of amidine groups is 2. The van der Waals surface area contributed by atoms with Crippen molar-refractivity contribution in [2.45, 2.75) is 38.7 Å². The van der Waals surface area contributed by atoms with Crippen LogP contribution in [-0.4, -0.2) is 18.3 Å². The van der Waals surface area contributed by atoms with Crippen molar-refractivity contribution >= 4 is 29.0 Å². The van der Waals surface area contributed by atoms with Crippen molar-refractivity contribution in [1.29, 1.82) is 10.8 Å². The molecule has 2 aromatic carbocycles. The molecule has 0 spiro atoms. The summed E-state index contributed by atoms with van der Waals surface area (Å²) < 4.78 is 5.77. The predicted molar refractivity (Wildman–Crippen MR) is 106 cm³/mol. The third-order valence-electron chi connectivity index (χ3n) is 5.33. The van der Waals surface area contributed by atoms with Gasteiger partial charge in [-0.2, -0.15) is 0 Å². The van der Waals surface area contributed by atoms with Crippen LogP contribution in [0.4, 0.5) is 5.69 Å². The molecule has 5 heteroatoms. The second-order valence-electron chi connectivity index (χ2n) is 6.96. The summed E-state index contributed by atoms with van der Waals surface area (Å²) in [5.74, 6) is 0.832. The monoisotopic (exact) mass is 367 g/mol. The standard InChI is InChI=1S/C21H22ClN3O/c1-13(23)25-19-10-9-18(22)21(17(19)11-26-12-20(25)24)16-8-4-6-14-5-2-3-7-15(14)16/h2-3,5,7,9-10,16,23-24H,4,6,8,11-12H2,1H3. The molecule has 2 N–H and O–H groups in total. The molecule has 0 bridgehead atoms. The number of halogens is 1. The van der Waals surface area contributed by atoms with E-state index in [1.54, 1.807) is 11.8 Å². The summed E-state index contributed by atoms with van der Waals surface area (Å²) in [4.78, 5) is 1.66. The number of nitrogens with one attached hydrogen (secondary N) is 2. The topological polar surface area (TPSA) is 60.2 Å². The summed E-state index contributed by atoms with van der Waals surface area (Å²) >= 11 is 6.70. The van der Waals surface area contributed by atoms with E-state index >= 15 is 0 Å². The zero-order valence-corrected chi connectivity index (χ0v) is 15.6. The second kappa shape index (κ2) is 6.86. The molecule has 4 nitrogen and oxygen atoms in total. The van der Waals surface area contributed by atoms with Crippen molar-refractivity contribution in [3.63, 3.8) is 0 Å². The summed E-state index contributed by atoms with van der Waals surface area (Å²) in [5, 5.41) is 17.1. The van der Waals surface area contributed by atoms with Gasteiger partial charge in [0.05, 0.1) is 12.3 Å². The molecule has 1 atom stereocenters. The van der Waals surface area contributed by atoms with Gasteiger partial charge in [-0.1, -0.05) is 35.9 Å². The van der Waals surface area contributed by atoms with Crippen LogP contribution in [0.1, 0.15) is 47.9 Å². The zero-order valence-electron chi connectivity index (χ0n) is 14.8. The van der Waals surface area contributed by atoms with E-state index in [2.05, 4.69) is 24.3 Å². The maximum Gasteiger partial charge on any atom is 0.132 e. The van der Waals surface area contributed by atoms with Gasteiger partial charge in [0.1, 0.15) is 18.3 Å². The minimum Gasteiger partial charge on any atom is -0.369 e. The Balaban J connectivity index is 1.92. The van der Waals surface area contributed by atoms with Crippen LogP contribution in [0.15, 0.2) is 36.4 Å². The van der Waals surface area contributed by atoms with Gasteiger partial charge >= 0.3 is 0 Å². The highest BCUT2D eigenvalue weighted by molar-refractivity contribution is 6.32. The number of rotatable bonds is 1. The molecule has 2 aromatic rings. The number of hydrogen-bond acceptors (Lipinski definition) is 3. The van der Waals surface area contributed by atoms with Crippen LogP contribution >= 0.6 is 11.6 Å². The van der Waals surface area contributed by atoms with Crippen molar-refractivity contribution in [1.82, 2.24) is 0 Å². The molecule has 1 aliphatic carbocycles. The molecule has 0 amide bonds. The first-order valence-corrected chi connectivity index (χ1v) is 9.35. The Morgan fingerprint density at radius 1 is 1.19 bits per heavy atom. The summed E-state index contributed by atoms with van der Waals surface area (Å²) in [6.07, 6.45) is 3.28. The molecule has 0 saturated carbocycles. The number of ether oxygens (including phenoxy) is 1. The largest absolute Gasteiger partial charge is 0.369 e. The molecule has 1 aliphatic heterocycles. The van der Waals surface area contributed by atoms with Crippen LogP contribution in [0.3, 0.4) is 0 Å². The highest BCUT2D eigenvalue weighted by Crippen LogP contribution is 2.44. The lowest BCUT2D eigenvalue weighted by Crippen LogP contribution is -2.36. The number of aryl methyl sites for hydroxylation is 1. The number of fused-ring (bicyclic) bond motifs is 2. The van der Waals surface area contributed by atoms with Gasteiger partial charge in [0.2, 0.25) is 0 Å². The smallest absolute Gasteiger partial charge is 0.132 e. The Hall–Kier alpha value is -2.17. The lowest BCUT2D eigenvalue weighted by atomic mass is 9.77. The number of benzene rings is 2. The van der Waals surface area contributed by atoms with Gasteiger partial charge < -0.3 is 4.74 Å². The van der Waals surface area contributed by atoms with Crippen LogP contribution in [0, 0.1) is 10.8 Å². The molecule has 1 heterocycles. The van der Waals surface area contributed by atoms with E-state index in [0.717, 1.165) is 41.1 Å². The number of nitrogens with zero attached hydrogens (tertiary/aromatic N) is 1. The van der Waals surface area contributed by atoms with E-state index in [1.165, 1.54) is 11.1 Å². The molecular formula is C21H22ClN3O. The van der Waals surface area contributed by atoms with Crippen molar-refractivity contribution in [3.05, 3.63) is 63.7 Å². The fraction of sp³-hybridized carbons (Fsp3) is 0.333. The Morgan fingerprint density at radius 3 is 2.81 bits per heavy atom. The first kappa shape index (κ1) is 17.3. The Bertz CT molecular complexity index is 893. The summed E-state index contributed by atoms with van der Waals surface area (Å²) in [6.45, 7) is 2.31. The minimum absolute atomic E-state index is 0.198. The lowest BCUT2D eigenvalue weighted by Gasteiger charge is -2.30. The van der Waals surface area contributed by atoms with Gasteiger partial charge in [-0.15, -0.1) is 0 Å². The Labute approximate surface area is 158 Å². The maximum absolute atomic E-state index is 8.26. The second-order valence-corrected chi connectivity index (χ2v) is 7.37. The number of hydrogen-bond donors (Lipinski definition) is 2. The number of anilines is 1. The van der Waals surface area contributed by atoms with Crippen LogP contribution < -0.4 is 4.90 Å². The fourth-order valence-electron chi connectivity index (χ4n) is 4.26. The average molecular weight is 368 g/mol. The molecule has 26 heavy (non-hydrogen) atoms. The van der Waals surface area contributed by atoms with Gasteiger partial charge in [-0.25, -0.2) is 0 Å². The molecule has 0 radical (unpaired) electrons. The molecule has 0 aromatic heterocycles. The fourth-order valence-corrected chi connectivity index (χ4v) is 4.57. The van der Waals surface area contributed by atoms with Crippen molar-refractivity contribution in [2.75, 3.05) is 11.5 Å². The van der Waals surface area contributed by atoms with E-state index in [1.807, 2.05) is 12.1 Å². The van der Waals surface area contributed by atoms with Crippen molar-refractivity contribution in [2.24, 2.45) is 0 Å². The van der Waals surface area contributed by atoms with Crippen molar-refractivity contribution in [3.8, 4) is 0 Å². The van der Waals surface area contributed by atoms with E-state index in [-0.39, 0.29) is 18.4 Å². The van der Waals surface area contributed by atoms with Crippen LogP contribution in [0.25, 0.3) is 0 Å². The van der Waals surface area contributed by atoms with Gasteiger partial charge in [-0.05, 0) is 55.0 Å². The van der Waals surface area contributed by atoms with Gasteiger partial charge in [0, 0.05) is 16.5 Å². The molecule has 2 aliphatic rings. The third kappa shape index (κ3) is 2.83.